The third-order valence-electron chi connectivity index (χ3n) is 11.6. The van der Waals surface area contributed by atoms with E-state index in [4.69, 9.17) is 48.0 Å². The van der Waals surface area contributed by atoms with Crippen LogP contribution < -0.4 is 25.2 Å². The quantitative estimate of drug-likeness (QED) is 0.0508. The second-order valence-electron chi connectivity index (χ2n) is 18.1. The number of nitrogens with zero attached hydrogens (tertiary/aromatic N) is 6. The van der Waals surface area contributed by atoms with Crippen molar-refractivity contribution < 1.29 is 55.7 Å². The van der Waals surface area contributed by atoms with Gasteiger partial charge in [0.1, 0.15) is 41.4 Å². The van der Waals surface area contributed by atoms with E-state index in [1.165, 1.54) is 37.1 Å². The fraction of sp³-hybridized carbons (Fsp3) is 0.458. The Hall–Kier alpha value is -5.83. The van der Waals surface area contributed by atoms with Gasteiger partial charge >= 0.3 is 6.18 Å². The van der Waals surface area contributed by atoms with Gasteiger partial charge in [-0.2, -0.15) is 18.4 Å². The lowest BCUT2D eigenvalue weighted by molar-refractivity contribution is -0.144. The largest absolute Gasteiger partial charge is 0.474 e. The molecule has 0 aliphatic carbocycles. The molecule has 2 aromatic carbocycles. The number of hydrogen-bond acceptors (Lipinski definition) is 13. The minimum atomic E-state index is -5.22. The number of carbonyl (C=O) groups excluding carboxylic acids is 4. The fourth-order valence-corrected chi connectivity index (χ4v) is 9.52. The molecule has 0 bridgehead atoms. The molecule has 380 valence electrons. The van der Waals surface area contributed by atoms with Crippen LogP contribution in [0, 0.1) is 29.5 Å². The Bertz CT molecular complexity index is 2660. The lowest BCUT2D eigenvalue weighted by Crippen LogP contribution is -2.58. The van der Waals surface area contributed by atoms with Gasteiger partial charge in [-0.05, 0) is 80.6 Å². The van der Waals surface area contributed by atoms with Gasteiger partial charge in [0, 0.05) is 13.1 Å². The van der Waals surface area contributed by atoms with Gasteiger partial charge in [-0.1, -0.05) is 56.6 Å². The molecule has 2 N–H and O–H groups in total. The van der Waals surface area contributed by atoms with Crippen molar-refractivity contribution in [2.75, 3.05) is 62.6 Å². The summed E-state index contributed by atoms with van der Waals surface area (Å²) in [5.74, 6) is -3.72. The standard InChI is InChI=1S/C48H53ClF4N8O8S2/c1-28-39(71-27-57-28)30-11-9-29(10-12-30)24-55-41(63)35-8-7-15-59(35)43(64)40(46(2,3)4)58-36(62)26-68-19-18-66-16-17-67-20-21-69-42-33(49)22-32(25-56-42)61-45(70)60(44(65)47(61,5)6)34-14-13-31(23-54)37(38(34)50)48(51,52)53/h9-14,22,25,27,35,40H,7-8,15-21,24,26H2,1-6H3,(H,55,63)(H,58,62). The van der Waals surface area contributed by atoms with Gasteiger partial charge < -0.3 is 39.4 Å². The highest BCUT2D eigenvalue weighted by Crippen LogP contribution is 2.43. The second kappa shape index (κ2) is 23.2. The van der Waals surface area contributed by atoms with Crippen LogP contribution in [0.3, 0.4) is 0 Å². The monoisotopic (exact) mass is 1040 g/mol. The van der Waals surface area contributed by atoms with Gasteiger partial charge in [0.15, 0.2) is 10.9 Å². The summed E-state index contributed by atoms with van der Waals surface area (Å²) in [7, 11) is 0. The number of nitriles is 1. The molecule has 2 fully saturated rings. The minimum Gasteiger partial charge on any atom is -0.474 e. The Balaban J connectivity index is 0.878. The highest BCUT2D eigenvalue weighted by atomic mass is 35.5. The number of nitrogens with one attached hydrogen (secondary N) is 2. The molecule has 2 aliphatic rings. The minimum absolute atomic E-state index is 0.00520. The van der Waals surface area contributed by atoms with Crippen LogP contribution in [0.25, 0.3) is 10.4 Å². The van der Waals surface area contributed by atoms with E-state index < -0.39 is 63.7 Å². The van der Waals surface area contributed by atoms with E-state index in [-0.39, 0.29) is 79.8 Å². The molecule has 0 radical (unpaired) electrons. The predicted octanol–water partition coefficient (Wildman–Crippen LogP) is 7.38. The molecule has 0 spiro atoms. The summed E-state index contributed by atoms with van der Waals surface area (Å²) in [6.45, 7) is 11.5. The topological polar surface area (TPSA) is 189 Å². The normalized spacial score (nSPS) is 16.3. The van der Waals surface area contributed by atoms with E-state index in [0.717, 1.165) is 33.8 Å². The van der Waals surface area contributed by atoms with E-state index >= 15 is 4.39 Å². The SMILES string of the molecule is Cc1ncsc1-c1ccc(CNC(=O)C2CCCN2C(=O)C(NC(=O)COCCOCCOCCOc2ncc(N3C(=S)N(c4ccc(C#N)c(C(F)(F)F)c4F)C(=O)C3(C)C)cc2Cl)C(C)(C)C)cc1. The van der Waals surface area contributed by atoms with Crippen molar-refractivity contribution in [2.24, 2.45) is 5.41 Å². The number of rotatable bonds is 20. The van der Waals surface area contributed by atoms with Crippen LogP contribution in [0.2, 0.25) is 5.02 Å². The first-order valence-corrected chi connectivity index (χ1v) is 24.1. The summed E-state index contributed by atoms with van der Waals surface area (Å²) in [4.78, 5) is 66.8. The van der Waals surface area contributed by atoms with Crippen molar-refractivity contribution in [3.63, 3.8) is 0 Å². The number of alkyl halides is 3. The number of thiazole rings is 1. The number of amides is 4. The van der Waals surface area contributed by atoms with Crippen LogP contribution in [0.4, 0.5) is 28.9 Å². The number of benzene rings is 2. The van der Waals surface area contributed by atoms with Gasteiger partial charge in [0.2, 0.25) is 23.6 Å². The van der Waals surface area contributed by atoms with Crippen molar-refractivity contribution in [3.05, 3.63) is 87.4 Å². The molecule has 4 heterocycles. The molecule has 4 amide bonds. The summed E-state index contributed by atoms with van der Waals surface area (Å²) >= 11 is 13.5. The second-order valence-corrected chi connectivity index (χ2v) is 19.7. The number of aryl methyl sites for hydroxylation is 1. The van der Waals surface area contributed by atoms with Crippen molar-refractivity contribution in [3.8, 4) is 22.4 Å². The molecular formula is C48H53ClF4N8O8S2. The Morgan fingerprint density at radius 3 is 2.28 bits per heavy atom. The summed E-state index contributed by atoms with van der Waals surface area (Å²) < 4.78 is 78.8. The van der Waals surface area contributed by atoms with E-state index in [0.29, 0.717) is 30.8 Å². The zero-order valence-corrected chi connectivity index (χ0v) is 42.2. The Morgan fingerprint density at radius 2 is 1.68 bits per heavy atom. The third-order valence-corrected chi connectivity index (χ3v) is 13.2. The van der Waals surface area contributed by atoms with E-state index in [2.05, 4.69) is 20.6 Å². The maximum Gasteiger partial charge on any atom is 0.420 e. The average molecular weight is 1050 g/mol. The smallest absolute Gasteiger partial charge is 0.420 e. The van der Waals surface area contributed by atoms with Crippen LogP contribution >= 0.6 is 35.2 Å². The van der Waals surface area contributed by atoms with Crippen molar-refractivity contribution in [2.45, 2.75) is 84.7 Å². The van der Waals surface area contributed by atoms with Gasteiger partial charge in [0.25, 0.3) is 5.91 Å². The molecule has 2 saturated heterocycles. The van der Waals surface area contributed by atoms with Crippen molar-refractivity contribution >= 4 is 75.3 Å². The molecule has 6 rings (SSSR count). The molecule has 4 aromatic rings. The Kier molecular flexibility index (Phi) is 17.8. The summed E-state index contributed by atoms with van der Waals surface area (Å²) in [5, 5.41) is 14.6. The lowest BCUT2D eigenvalue weighted by Gasteiger charge is -2.35. The molecular weight excluding hydrogens is 992 g/mol. The highest BCUT2D eigenvalue weighted by Gasteiger charge is 2.52. The first kappa shape index (κ1) is 54.5. The first-order chi connectivity index (χ1) is 33.6. The van der Waals surface area contributed by atoms with Crippen LogP contribution in [-0.2, 0) is 46.1 Å². The highest BCUT2D eigenvalue weighted by molar-refractivity contribution is 7.81. The zero-order chi connectivity index (χ0) is 51.8. The number of anilines is 2. The van der Waals surface area contributed by atoms with Gasteiger partial charge in [-0.25, -0.2) is 14.4 Å². The molecule has 0 saturated carbocycles. The number of likely N-dealkylation sites (tertiary alicyclic amines) is 1. The summed E-state index contributed by atoms with van der Waals surface area (Å²) in [6, 6.07) is 10.7. The summed E-state index contributed by atoms with van der Waals surface area (Å²) in [5.41, 5.74) is -0.791. The number of thiocarbonyl (C=S) groups is 1. The fourth-order valence-electron chi connectivity index (χ4n) is 7.97. The van der Waals surface area contributed by atoms with E-state index in [1.54, 1.807) is 16.2 Å². The van der Waals surface area contributed by atoms with E-state index in [1.807, 2.05) is 57.5 Å². The molecule has 16 nitrogen and oxygen atoms in total. The van der Waals surface area contributed by atoms with Crippen LogP contribution in [0.15, 0.2) is 54.2 Å². The van der Waals surface area contributed by atoms with Crippen molar-refractivity contribution in [1.29, 1.82) is 5.26 Å². The van der Waals surface area contributed by atoms with Crippen molar-refractivity contribution in [1.82, 2.24) is 25.5 Å². The van der Waals surface area contributed by atoms with Gasteiger partial charge in [0.05, 0.1) is 78.3 Å². The Morgan fingerprint density at radius 1 is 1.01 bits per heavy atom. The number of carbonyl (C=O) groups is 4. The third kappa shape index (κ3) is 12.8. The molecule has 2 atom stereocenters. The average Bonchev–Trinajstić information content (AvgIpc) is 4.02. The number of ether oxygens (including phenoxy) is 4. The van der Waals surface area contributed by atoms with Crippen LogP contribution in [0.1, 0.15) is 69.8 Å². The number of aromatic nitrogens is 2. The van der Waals surface area contributed by atoms with Gasteiger partial charge in [-0.3, -0.25) is 24.1 Å². The maximum absolute atomic E-state index is 15.4. The zero-order valence-electron chi connectivity index (χ0n) is 39.8. The number of pyridine rings is 1. The Labute approximate surface area is 422 Å². The lowest BCUT2D eigenvalue weighted by atomic mass is 9.85. The van der Waals surface area contributed by atoms with Gasteiger partial charge in [-0.15, -0.1) is 11.3 Å². The van der Waals surface area contributed by atoms with Crippen LogP contribution in [-0.4, -0.2) is 114 Å². The molecule has 2 aromatic heterocycles. The maximum atomic E-state index is 15.4. The predicted molar refractivity (Wildman–Crippen MR) is 260 cm³/mol. The first-order valence-electron chi connectivity index (χ1n) is 22.4. The number of hydrogen-bond donors (Lipinski definition) is 2. The molecule has 71 heavy (non-hydrogen) atoms. The molecule has 2 unspecified atom stereocenters. The number of halogens is 5. The molecule has 2 aliphatic heterocycles. The molecule has 23 heteroatoms. The van der Waals surface area contributed by atoms with E-state index in [9.17, 15) is 32.3 Å². The summed E-state index contributed by atoms with van der Waals surface area (Å²) in [6.07, 6.45) is -2.77. The van der Waals surface area contributed by atoms with Crippen LogP contribution in [0.5, 0.6) is 5.88 Å².